The van der Waals surface area contributed by atoms with Gasteiger partial charge in [0, 0.05) is 12.8 Å². The van der Waals surface area contributed by atoms with E-state index >= 15 is 0 Å². The van der Waals surface area contributed by atoms with Crippen molar-refractivity contribution in [2.45, 2.75) is 341 Å². The molecule has 0 radical (unpaired) electrons. The zero-order valence-corrected chi connectivity index (χ0v) is 44.0. The van der Waals surface area contributed by atoms with Crippen molar-refractivity contribution >= 4 is 11.9 Å². The number of hydrogen-bond donors (Lipinski definition) is 3. The second kappa shape index (κ2) is 55.2. The summed E-state index contributed by atoms with van der Waals surface area (Å²) in [5.41, 5.74) is 0. The van der Waals surface area contributed by atoms with Crippen LogP contribution < -0.4 is 5.32 Å². The van der Waals surface area contributed by atoms with Gasteiger partial charge in [-0.05, 0) is 32.1 Å². The van der Waals surface area contributed by atoms with E-state index in [9.17, 15) is 19.8 Å². The zero-order chi connectivity index (χ0) is 47.2. The van der Waals surface area contributed by atoms with E-state index in [1.807, 2.05) is 6.08 Å². The summed E-state index contributed by atoms with van der Waals surface area (Å²) in [5.74, 6) is -0.0660. The van der Waals surface area contributed by atoms with Crippen LogP contribution in [0.4, 0.5) is 0 Å². The molecule has 0 heterocycles. The number of aliphatic hydroxyl groups excluding tert-OH is 2. The smallest absolute Gasteiger partial charge is 0.305 e. The summed E-state index contributed by atoms with van der Waals surface area (Å²) < 4.78 is 5.49. The molecule has 386 valence electrons. The maximum Gasteiger partial charge on any atom is 0.305 e. The third-order valence-corrected chi connectivity index (χ3v) is 13.8. The van der Waals surface area contributed by atoms with Gasteiger partial charge in [-0.15, -0.1) is 0 Å². The van der Waals surface area contributed by atoms with Gasteiger partial charge in [-0.1, -0.05) is 296 Å². The molecule has 2 unspecified atom stereocenters. The number of hydrogen-bond acceptors (Lipinski definition) is 5. The number of amides is 1. The molecule has 2 atom stereocenters. The van der Waals surface area contributed by atoms with E-state index in [-0.39, 0.29) is 18.5 Å². The van der Waals surface area contributed by atoms with E-state index in [0.29, 0.717) is 19.4 Å². The van der Waals surface area contributed by atoms with Crippen LogP contribution in [0.2, 0.25) is 0 Å². The number of aliphatic hydroxyl groups is 2. The summed E-state index contributed by atoms with van der Waals surface area (Å²) in [6.07, 6.45) is 65.2. The van der Waals surface area contributed by atoms with Crippen molar-refractivity contribution in [3.63, 3.8) is 0 Å². The molecule has 3 N–H and O–H groups in total. The first-order valence-corrected chi connectivity index (χ1v) is 29.5. The van der Waals surface area contributed by atoms with Gasteiger partial charge in [0.25, 0.3) is 0 Å². The third kappa shape index (κ3) is 51.8. The molecule has 0 saturated carbocycles. The molecule has 0 aromatic carbocycles. The summed E-state index contributed by atoms with van der Waals surface area (Å²) in [5, 5.41) is 23.1. The minimum atomic E-state index is -0.848. The van der Waals surface area contributed by atoms with Crippen molar-refractivity contribution in [2.75, 3.05) is 13.2 Å². The van der Waals surface area contributed by atoms with Crippen LogP contribution in [-0.2, 0) is 14.3 Å². The maximum absolute atomic E-state index is 12.5. The van der Waals surface area contributed by atoms with E-state index in [0.717, 1.165) is 44.9 Å². The second-order valence-electron chi connectivity index (χ2n) is 20.3. The highest BCUT2D eigenvalue weighted by atomic mass is 16.5. The van der Waals surface area contributed by atoms with Gasteiger partial charge in [0.2, 0.25) is 5.91 Å². The van der Waals surface area contributed by atoms with Crippen molar-refractivity contribution in [3.8, 4) is 0 Å². The molecule has 0 saturated heterocycles. The average molecular weight is 919 g/mol. The lowest BCUT2D eigenvalue weighted by atomic mass is 10.0. The standard InChI is InChI=1S/C59H115NO5/c1-3-5-7-9-11-13-15-17-19-20-25-29-33-37-41-45-49-53-59(64)65-54-50-46-42-38-34-30-26-22-21-24-28-32-36-40-44-48-52-58(63)60-56(55-61)57(62)51-47-43-39-35-31-27-23-18-16-14-12-10-8-6-4-2/h47,51,56-57,61-62H,3-46,48-50,52-55H2,1-2H3,(H,60,63)/b51-47+. The van der Waals surface area contributed by atoms with Crippen LogP contribution in [0.1, 0.15) is 328 Å². The predicted molar refractivity (Wildman–Crippen MR) is 283 cm³/mol. The summed E-state index contributed by atoms with van der Waals surface area (Å²) in [6.45, 7) is 4.91. The first-order valence-electron chi connectivity index (χ1n) is 29.5. The minimum absolute atomic E-state index is 0.00664. The van der Waals surface area contributed by atoms with Gasteiger partial charge in [0.15, 0.2) is 0 Å². The number of ether oxygens (including phenoxy) is 1. The molecule has 1 amide bonds. The average Bonchev–Trinajstić information content (AvgIpc) is 3.31. The van der Waals surface area contributed by atoms with Crippen LogP contribution in [0.5, 0.6) is 0 Å². The Morgan fingerprint density at radius 3 is 1.05 bits per heavy atom. The zero-order valence-electron chi connectivity index (χ0n) is 44.0. The number of carbonyl (C=O) groups excluding carboxylic acids is 2. The molecule has 0 rings (SSSR count). The Hall–Kier alpha value is -1.40. The van der Waals surface area contributed by atoms with E-state index in [2.05, 4.69) is 19.2 Å². The molecule has 6 nitrogen and oxygen atoms in total. The number of rotatable bonds is 55. The Morgan fingerprint density at radius 2 is 0.708 bits per heavy atom. The lowest BCUT2D eigenvalue weighted by molar-refractivity contribution is -0.143. The van der Waals surface area contributed by atoms with E-state index < -0.39 is 12.1 Å². The highest BCUT2D eigenvalue weighted by Gasteiger charge is 2.18. The molecule has 0 aliphatic rings. The Labute approximate surface area is 406 Å². The number of allylic oxidation sites excluding steroid dienone is 1. The fourth-order valence-corrected chi connectivity index (χ4v) is 9.28. The number of esters is 1. The van der Waals surface area contributed by atoms with Gasteiger partial charge >= 0.3 is 5.97 Å². The van der Waals surface area contributed by atoms with Crippen molar-refractivity contribution in [1.82, 2.24) is 5.32 Å². The lowest BCUT2D eigenvalue weighted by Gasteiger charge is -2.20. The Bertz CT molecular complexity index is 970. The maximum atomic E-state index is 12.5. The number of nitrogens with one attached hydrogen (secondary N) is 1. The molecule has 0 fully saturated rings. The molecule has 65 heavy (non-hydrogen) atoms. The van der Waals surface area contributed by atoms with E-state index in [4.69, 9.17) is 4.74 Å². The minimum Gasteiger partial charge on any atom is -0.466 e. The van der Waals surface area contributed by atoms with Gasteiger partial charge in [-0.3, -0.25) is 9.59 Å². The second-order valence-corrected chi connectivity index (χ2v) is 20.3. The van der Waals surface area contributed by atoms with Crippen LogP contribution in [0.15, 0.2) is 12.2 Å². The molecule has 6 heteroatoms. The van der Waals surface area contributed by atoms with Crippen molar-refractivity contribution in [1.29, 1.82) is 0 Å². The normalized spacial score (nSPS) is 12.6. The molecule has 0 aromatic rings. The van der Waals surface area contributed by atoms with Crippen molar-refractivity contribution in [3.05, 3.63) is 12.2 Å². The molecule has 0 bridgehead atoms. The van der Waals surface area contributed by atoms with Gasteiger partial charge in [-0.2, -0.15) is 0 Å². The van der Waals surface area contributed by atoms with E-state index in [1.54, 1.807) is 6.08 Å². The van der Waals surface area contributed by atoms with E-state index in [1.165, 1.54) is 257 Å². The lowest BCUT2D eigenvalue weighted by Crippen LogP contribution is -2.45. The highest BCUT2D eigenvalue weighted by molar-refractivity contribution is 5.76. The van der Waals surface area contributed by atoms with Crippen LogP contribution >= 0.6 is 0 Å². The third-order valence-electron chi connectivity index (χ3n) is 13.8. The van der Waals surface area contributed by atoms with Crippen LogP contribution in [0.3, 0.4) is 0 Å². The monoisotopic (exact) mass is 918 g/mol. The predicted octanol–water partition coefficient (Wildman–Crippen LogP) is 18.1. The van der Waals surface area contributed by atoms with Crippen LogP contribution in [0.25, 0.3) is 0 Å². The number of unbranched alkanes of at least 4 members (excludes halogenated alkanes) is 44. The van der Waals surface area contributed by atoms with Crippen LogP contribution in [0, 0.1) is 0 Å². The highest BCUT2D eigenvalue weighted by Crippen LogP contribution is 2.17. The first kappa shape index (κ1) is 63.6. The van der Waals surface area contributed by atoms with Crippen LogP contribution in [-0.4, -0.2) is 47.4 Å². The topological polar surface area (TPSA) is 95.9 Å². The van der Waals surface area contributed by atoms with Gasteiger partial charge in [0.05, 0.1) is 25.4 Å². The molecular weight excluding hydrogens is 803 g/mol. The Balaban J connectivity index is 3.42. The number of carbonyl (C=O) groups is 2. The Morgan fingerprint density at radius 1 is 0.415 bits per heavy atom. The Kier molecular flexibility index (Phi) is 54.0. The fraction of sp³-hybridized carbons (Fsp3) is 0.932. The molecule has 0 spiro atoms. The SMILES string of the molecule is CCCCCCCCCCCCCCC/C=C/C(O)C(CO)NC(=O)CCCCCCCCCCCCCCCCCCOC(=O)CCCCCCCCCCCCCCCCCCC. The molecule has 0 aliphatic heterocycles. The largest absolute Gasteiger partial charge is 0.466 e. The molecule has 0 aromatic heterocycles. The van der Waals surface area contributed by atoms with Gasteiger partial charge in [0.1, 0.15) is 0 Å². The summed E-state index contributed by atoms with van der Waals surface area (Å²) in [6, 6.07) is -0.632. The fourth-order valence-electron chi connectivity index (χ4n) is 9.28. The molecular formula is C59H115NO5. The summed E-state index contributed by atoms with van der Waals surface area (Å²) in [4.78, 5) is 24.5. The van der Waals surface area contributed by atoms with Crippen molar-refractivity contribution in [2.24, 2.45) is 0 Å². The van der Waals surface area contributed by atoms with Gasteiger partial charge in [-0.25, -0.2) is 0 Å². The first-order chi connectivity index (χ1) is 32.0. The van der Waals surface area contributed by atoms with Gasteiger partial charge < -0.3 is 20.3 Å². The quantitative estimate of drug-likeness (QED) is 0.0321. The molecule has 0 aliphatic carbocycles. The summed E-state index contributed by atoms with van der Waals surface area (Å²) in [7, 11) is 0. The van der Waals surface area contributed by atoms with Crippen molar-refractivity contribution < 1.29 is 24.5 Å². The summed E-state index contributed by atoms with van der Waals surface area (Å²) >= 11 is 0.